The number of non-ortho nitro benzene ring substituents is 1. The second-order valence-corrected chi connectivity index (χ2v) is 2.57. The number of halogens is 1. The Hall–Kier alpha value is -2.31. The lowest BCUT2D eigenvalue weighted by atomic mass is 10.2. The Morgan fingerprint density at radius 2 is 1.73 bits per heavy atom. The third-order valence-electron chi connectivity index (χ3n) is 1.56. The number of nitrogens with zero attached hydrogens (tertiary/aromatic N) is 2. The highest BCUT2D eigenvalue weighted by Crippen LogP contribution is 2.14. The minimum atomic E-state index is -1.51. The van der Waals surface area contributed by atoms with Crippen molar-refractivity contribution in [3.8, 4) is 0 Å². The van der Waals surface area contributed by atoms with Crippen molar-refractivity contribution in [2.24, 2.45) is 0 Å². The second kappa shape index (κ2) is 4.27. The topological polar surface area (TPSA) is 86.3 Å². The minimum absolute atomic E-state index is 0.159. The Labute approximate surface area is 82.9 Å². The van der Waals surface area contributed by atoms with E-state index in [0.29, 0.717) is 6.08 Å². The summed E-state index contributed by atoms with van der Waals surface area (Å²) in [6.07, 6.45) is 0.684. The summed E-state index contributed by atoms with van der Waals surface area (Å²) in [7, 11) is 0. The molecular weight excluding hydrogens is 207 g/mol. The molecule has 0 spiro atoms. The van der Waals surface area contributed by atoms with Crippen molar-refractivity contribution in [3.63, 3.8) is 0 Å². The third kappa shape index (κ3) is 2.83. The van der Waals surface area contributed by atoms with Crippen LogP contribution in [0.5, 0.6) is 0 Å². The van der Waals surface area contributed by atoms with E-state index in [-0.39, 0.29) is 11.3 Å². The highest BCUT2D eigenvalue weighted by Gasteiger charge is 2.09. The van der Waals surface area contributed by atoms with Crippen LogP contribution in [0.15, 0.2) is 30.2 Å². The molecule has 0 N–H and O–H groups in total. The van der Waals surface area contributed by atoms with Crippen molar-refractivity contribution in [2.75, 3.05) is 0 Å². The van der Waals surface area contributed by atoms with E-state index in [0.717, 1.165) is 12.1 Å². The molecule has 0 heterocycles. The molecule has 0 bridgehead atoms. The van der Waals surface area contributed by atoms with Crippen molar-refractivity contribution in [1.29, 1.82) is 0 Å². The maximum atomic E-state index is 12.5. The first-order chi connectivity index (χ1) is 7.00. The number of benzene rings is 1. The van der Waals surface area contributed by atoms with Gasteiger partial charge in [0.2, 0.25) is 0 Å². The molecule has 0 atom stereocenters. The van der Waals surface area contributed by atoms with Crippen LogP contribution in [0.25, 0.3) is 6.08 Å². The van der Waals surface area contributed by atoms with Gasteiger partial charge < -0.3 is 0 Å². The molecule has 0 unspecified atom stereocenters. The van der Waals surface area contributed by atoms with Crippen LogP contribution in [-0.2, 0) is 0 Å². The Bertz CT molecular complexity index is 427. The van der Waals surface area contributed by atoms with Crippen LogP contribution >= 0.6 is 0 Å². The summed E-state index contributed by atoms with van der Waals surface area (Å²) in [5, 5.41) is 20.2. The van der Waals surface area contributed by atoms with Gasteiger partial charge in [0.05, 0.1) is 15.9 Å². The monoisotopic (exact) mass is 212 g/mol. The van der Waals surface area contributed by atoms with Gasteiger partial charge in [0, 0.05) is 12.1 Å². The zero-order valence-electron chi connectivity index (χ0n) is 7.29. The number of nitro benzene ring substituents is 1. The zero-order valence-corrected chi connectivity index (χ0v) is 7.29. The maximum absolute atomic E-state index is 12.5. The Balaban J connectivity index is 2.95. The molecule has 1 aromatic carbocycles. The Kier molecular flexibility index (Phi) is 3.06. The van der Waals surface area contributed by atoms with E-state index >= 15 is 0 Å². The fraction of sp³-hybridized carbons (Fsp3) is 0. The van der Waals surface area contributed by atoms with Crippen LogP contribution in [0, 0.1) is 20.2 Å². The molecule has 0 radical (unpaired) electrons. The second-order valence-electron chi connectivity index (χ2n) is 2.57. The first kappa shape index (κ1) is 10.8. The lowest BCUT2D eigenvalue weighted by Crippen LogP contribution is -1.92. The molecule has 0 aliphatic heterocycles. The van der Waals surface area contributed by atoms with Crippen LogP contribution in [-0.4, -0.2) is 9.85 Å². The highest BCUT2D eigenvalue weighted by molar-refractivity contribution is 5.52. The summed E-state index contributed by atoms with van der Waals surface area (Å²) in [5.74, 6) is -1.51. The molecule has 0 fully saturated rings. The van der Waals surface area contributed by atoms with E-state index in [1.165, 1.54) is 12.1 Å². The summed E-state index contributed by atoms with van der Waals surface area (Å²) in [4.78, 5) is 18.4. The molecule has 7 heteroatoms. The zero-order chi connectivity index (χ0) is 11.4. The van der Waals surface area contributed by atoms with E-state index in [9.17, 15) is 24.6 Å². The van der Waals surface area contributed by atoms with Crippen LogP contribution in [0.3, 0.4) is 0 Å². The van der Waals surface area contributed by atoms with E-state index < -0.39 is 15.8 Å². The molecule has 0 aliphatic rings. The summed E-state index contributed by atoms with van der Waals surface area (Å²) < 4.78 is 12.5. The number of hydrogen-bond donors (Lipinski definition) is 0. The molecule has 78 valence electrons. The van der Waals surface area contributed by atoms with Gasteiger partial charge in [0.25, 0.3) is 5.69 Å². The number of hydrogen-bond acceptors (Lipinski definition) is 4. The lowest BCUT2D eigenvalue weighted by molar-refractivity contribution is -0.445. The predicted molar refractivity (Wildman–Crippen MR) is 49.2 cm³/mol. The maximum Gasteiger partial charge on any atom is 0.419 e. The van der Waals surface area contributed by atoms with Gasteiger partial charge in [-0.2, -0.15) is 0 Å². The van der Waals surface area contributed by atoms with E-state index in [1.807, 2.05) is 0 Å². The van der Waals surface area contributed by atoms with Gasteiger partial charge >= 0.3 is 5.95 Å². The van der Waals surface area contributed by atoms with Gasteiger partial charge in [-0.25, -0.2) is 0 Å². The molecule has 0 aromatic heterocycles. The molecule has 1 aromatic rings. The Morgan fingerprint density at radius 3 is 2.13 bits per heavy atom. The standard InChI is InChI=1S/C8H5FN2O4/c9-8(11(14)15)5-6-1-3-7(4-2-6)10(12)13/h1-5H/b8-5+. The molecule has 6 nitrogen and oxygen atoms in total. The Morgan fingerprint density at radius 1 is 1.20 bits per heavy atom. The molecule has 1 rings (SSSR count). The van der Waals surface area contributed by atoms with Crippen molar-refractivity contribution in [2.45, 2.75) is 0 Å². The van der Waals surface area contributed by atoms with Crippen LogP contribution in [0.2, 0.25) is 0 Å². The van der Waals surface area contributed by atoms with E-state index in [4.69, 9.17) is 0 Å². The van der Waals surface area contributed by atoms with E-state index in [2.05, 4.69) is 0 Å². The van der Waals surface area contributed by atoms with Crippen LogP contribution in [0.4, 0.5) is 10.1 Å². The lowest BCUT2D eigenvalue weighted by Gasteiger charge is -1.92. The molecule has 0 amide bonds. The van der Waals surface area contributed by atoms with Gasteiger partial charge in [-0.15, -0.1) is 4.39 Å². The molecule has 15 heavy (non-hydrogen) atoms. The highest BCUT2D eigenvalue weighted by atomic mass is 19.1. The molecule has 0 aliphatic carbocycles. The number of nitro groups is 2. The average Bonchev–Trinajstić information content (AvgIpc) is 2.18. The van der Waals surface area contributed by atoms with Crippen molar-refractivity contribution in [3.05, 3.63) is 56.0 Å². The first-order valence-corrected chi connectivity index (χ1v) is 3.77. The van der Waals surface area contributed by atoms with Gasteiger partial charge in [-0.05, 0) is 17.7 Å². The minimum Gasteiger partial charge on any atom is -0.258 e. The fourth-order valence-electron chi connectivity index (χ4n) is 0.882. The van der Waals surface area contributed by atoms with Crippen molar-refractivity contribution >= 4 is 11.8 Å². The van der Waals surface area contributed by atoms with Crippen LogP contribution in [0.1, 0.15) is 5.56 Å². The average molecular weight is 212 g/mol. The molecule has 0 saturated carbocycles. The van der Waals surface area contributed by atoms with Gasteiger partial charge in [-0.3, -0.25) is 20.2 Å². The fourth-order valence-corrected chi connectivity index (χ4v) is 0.882. The third-order valence-corrected chi connectivity index (χ3v) is 1.56. The largest absolute Gasteiger partial charge is 0.419 e. The molecule has 0 saturated heterocycles. The summed E-state index contributed by atoms with van der Waals surface area (Å²) in [6, 6.07) is 4.72. The smallest absolute Gasteiger partial charge is 0.258 e. The SMILES string of the molecule is O=[N+]([O-])/C(F)=C/c1ccc([N+](=O)[O-])cc1. The summed E-state index contributed by atoms with van der Waals surface area (Å²) in [5.41, 5.74) is 0.0310. The van der Waals surface area contributed by atoms with E-state index in [1.54, 1.807) is 0 Å². The van der Waals surface area contributed by atoms with Crippen molar-refractivity contribution in [1.82, 2.24) is 0 Å². The first-order valence-electron chi connectivity index (χ1n) is 3.77. The number of rotatable bonds is 3. The normalized spacial score (nSPS) is 11.1. The van der Waals surface area contributed by atoms with Gasteiger partial charge in [0.1, 0.15) is 0 Å². The quantitative estimate of drug-likeness (QED) is 0.436. The van der Waals surface area contributed by atoms with Gasteiger partial charge in [0.15, 0.2) is 0 Å². The summed E-state index contributed by atoms with van der Waals surface area (Å²) in [6.45, 7) is 0. The van der Waals surface area contributed by atoms with Crippen molar-refractivity contribution < 1.29 is 14.2 Å². The van der Waals surface area contributed by atoms with Crippen LogP contribution < -0.4 is 0 Å². The summed E-state index contributed by atoms with van der Waals surface area (Å²) >= 11 is 0. The molecular formula is C8H5FN2O4. The van der Waals surface area contributed by atoms with Gasteiger partial charge in [-0.1, -0.05) is 0 Å². The predicted octanol–water partition coefficient (Wildman–Crippen LogP) is 2.14.